The summed E-state index contributed by atoms with van der Waals surface area (Å²) in [5.41, 5.74) is 0.643. The number of alkyl carbamates (subject to hydrolysis) is 1. The minimum atomic E-state index is -0.483. The van der Waals surface area contributed by atoms with Crippen LogP contribution in [0.1, 0.15) is 39.3 Å². The first-order chi connectivity index (χ1) is 10.9. The number of aromatic nitrogens is 1. The van der Waals surface area contributed by atoms with Gasteiger partial charge in [0.2, 0.25) is 0 Å². The van der Waals surface area contributed by atoms with E-state index in [2.05, 4.69) is 15.6 Å². The highest BCUT2D eigenvalue weighted by Crippen LogP contribution is 2.38. The monoisotopic (exact) mass is 321 g/mol. The van der Waals surface area contributed by atoms with E-state index in [1.165, 1.54) is 0 Å². The summed E-state index contributed by atoms with van der Waals surface area (Å²) in [5, 5.41) is 6.55. The van der Waals surface area contributed by atoms with Crippen LogP contribution in [0.2, 0.25) is 0 Å². The van der Waals surface area contributed by atoms with E-state index >= 15 is 0 Å². The Hall–Kier alpha value is -1.53. The topological polar surface area (TPSA) is 75.4 Å². The van der Waals surface area contributed by atoms with Crippen LogP contribution in [0.5, 0.6) is 0 Å². The summed E-state index contributed by atoms with van der Waals surface area (Å²) in [7, 11) is 0. The van der Waals surface area contributed by atoms with Crippen LogP contribution >= 0.6 is 0 Å². The predicted octanol–water partition coefficient (Wildman–Crippen LogP) is 2.17. The van der Waals surface area contributed by atoms with Gasteiger partial charge in [0.25, 0.3) is 0 Å². The molecule has 2 fully saturated rings. The average molecular weight is 321 g/mol. The Bertz CT molecular complexity index is 524. The van der Waals surface area contributed by atoms with Crippen molar-refractivity contribution in [2.45, 2.75) is 63.9 Å². The van der Waals surface area contributed by atoms with Crippen LogP contribution in [-0.2, 0) is 16.0 Å². The molecule has 3 N–H and O–H groups in total. The van der Waals surface area contributed by atoms with E-state index in [0.29, 0.717) is 5.92 Å². The molecule has 4 atom stereocenters. The Kier molecular flexibility index (Phi) is 4.64. The second-order valence-corrected chi connectivity index (χ2v) is 7.42. The number of hydrogen-bond donors (Lipinski definition) is 3. The van der Waals surface area contributed by atoms with Crippen LogP contribution in [0.25, 0.3) is 0 Å². The van der Waals surface area contributed by atoms with Gasteiger partial charge < -0.3 is 25.1 Å². The van der Waals surface area contributed by atoms with E-state index in [0.717, 1.165) is 31.7 Å². The van der Waals surface area contributed by atoms with Gasteiger partial charge in [-0.15, -0.1) is 0 Å². The molecule has 6 heteroatoms. The number of hydrogen-bond acceptors (Lipinski definition) is 4. The molecule has 0 bridgehead atoms. The second-order valence-electron chi connectivity index (χ2n) is 7.42. The van der Waals surface area contributed by atoms with Crippen molar-refractivity contribution in [2.75, 3.05) is 6.61 Å². The maximum atomic E-state index is 12.1. The van der Waals surface area contributed by atoms with Crippen molar-refractivity contribution in [1.82, 2.24) is 15.6 Å². The standard InChI is InChI=1S/C17H27N3O3/c1-17(2,3)23-16(21)20-13-12-7-5-9-22-15(12)14(13)19-10-11-6-4-8-18-11/h4,6,8,12-15,18-19H,5,7,9-10H2,1-3H3,(H,20,21). The molecule has 0 radical (unpaired) electrons. The minimum Gasteiger partial charge on any atom is -0.444 e. The maximum Gasteiger partial charge on any atom is 0.407 e. The van der Waals surface area contributed by atoms with Gasteiger partial charge in [-0.3, -0.25) is 0 Å². The Labute approximate surface area is 137 Å². The lowest BCUT2D eigenvalue weighted by atomic mass is 9.68. The Morgan fingerprint density at radius 3 is 2.96 bits per heavy atom. The number of carbonyl (C=O) groups is 1. The lowest BCUT2D eigenvalue weighted by molar-refractivity contribution is -0.128. The zero-order chi connectivity index (χ0) is 16.4. The molecule has 6 nitrogen and oxygen atoms in total. The number of aromatic amines is 1. The second kappa shape index (κ2) is 6.53. The third kappa shape index (κ3) is 3.87. The van der Waals surface area contributed by atoms with Crippen molar-refractivity contribution in [3.05, 3.63) is 24.0 Å². The number of nitrogens with one attached hydrogen (secondary N) is 3. The molecule has 1 aliphatic heterocycles. The third-order valence-electron chi connectivity index (χ3n) is 4.49. The van der Waals surface area contributed by atoms with Gasteiger partial charge in [0.1, 0.15) is 5.60 Å². The molecule has 1 aliphatic carbocycles. The van der Waals surface area contributed by atoms with Crippen molar-refractivity contribution in [3.63, 3.8) is 0 Å². The van der Waals surface area contributed by atoms with Crippen LogP contribution in [-0.4, -0.2) is 41.5 Å². The Morgan fingerprint density at radius 2 is 2.26 bits per heavy atom. The molecule has 1 saturated carbocycles. The molecule has 1 amide bonds. The van der Waals surface area contributed by atoms with E-state index in [4.69, 9.17) is 9.47 Å². The number of fused-ring (bicyclic) bond motifs is 1. The lowest BCUT2D eigenvalue weighted by Crippen LogP contribution is -2.73. The summed E-state index contributed by atoms with van der Waals surface area (Å²) in [5.74, 6) is 0.373. The fraction of sp³-hybridized carbons (Fsp3) is 0.706. The van der Waals surface area contributed by atoms with E-state index < -0.39 is 5.60 Å². The highest BCUT2D eigenvalue weighted by atomic mass is 16.6. The minimum absolute atomic E-state index is 0.0603. The number of ether oxygens (including phenoxy) is 2. The highest BCUT2D eigenvalue weighted by Gasteiger charge is 2.53. The molecule has 3 rings (SSSR count). The van der Waals surface area contributed by atoms with Gasteiger partial charge in [0, 0.05) is 31.0 Å². The fourth-order valence-electron chi connectivity index (χ4n) is 3.49. The van der Waals surface area contributed by atoms with Crippen LogP contribution in [0, 0.1) is 5.92 Å². The number of amides is 1. The predicted molar refractivity (Wildman–Crippen MR) is 87.0 cm³/mol. The zero-order valence-electron chi connectivity index (χ0n) is 14.1. The third-order valence-corrected chi connectivity index (χ3v) is 4.49. The average Bonchev–Trinajstić information content (AvgIpc) is 2.97. The van der Waals surface area contributed by atoms with Gasteiger partial charge in [-0.2, -0.15) is 0 Å². The van der Waals surface area contributed by atoms with E-state index in [1.807, 2.05) is 39.1 Å². The molecule has 2 heterocycles. The summed E-state index contributed by atoms with van der Waals surface area (Å²) in [4.78, 5) is 15.3. The van der Waals surface area contributed by atoms with E-state index in [1.54, 1.807) is 0 Å². The van der Waals surface area contributed by atoms with Gasteiger partial charge in [-0.25, -0.2) is 4.79 Å². The van der Waals surface area contributed by atoms with Gasteiger partial charge in [0.05, 0.1) is 18.2 Å². The van der Waals surface area contributed by atoms with Gasteiger partial charge in [-0.05, 0) is 45.7 Å². The summed E-state index contributed by atoms with van der Waals surface area (Å²) in [6.45, 7) is 7.17. The molecule has 23 heavy (non-hydrogen) atoms. The van der Waals surface area contributed by atoms with Crippen LogP contribution in [0.15, 0.2) is 18.3 Å². The number of rotatable bonds is 4. The van der Waals surface area contributed by atoms with Crippen LogP contribution < -0.4 is 10.6 Å². The molecule has 1 saturated heterocycles. The fourth-order valence-corrected chi connectivity index (χ4v) is 3.49. The van der Waals surface area contributed by atoms with Crippen molar-refractivity contribution >= 4 is 6.09 Å². The largest absolute Gasteiger partial charge is 0.444 e. The Morgan fingerprint density at radius 1 is 1.43 bits per heavy atom. The van der Waals surface area contributed by atoms with Gasteiger partial charge in [0.15, 0.2) is 0 Å². The summed E-state index contributed by atoms with van der Waals surface area (Å²) in [6.07, 6.45) is 3.88. The molecule has 2 aliphatic rings. The van der Waals surface area contributed by atoms with E-state index in [-0.39, 0.29) is 24.3 Å². The highest BCUT2D eigenvalue weighted by molar-refractivity contribution is 5.68. The van der Waals surface area contributed by atoms with E-state index in [9.17, 15) is 4.79 Å². The molecular weight excluding hydrogens is 294 g/mol. The normalized spacial score (nSPS) is 30.2. The first-order valence-corrected chi connectivity index (χ1v) is 8.41. The van der Waals surface area contributed by atoms with Crippen molar-refractivity contribution in [3.8, 4) is 0 Å². The van der Waals surface area contributed by atoms with Gasteiger partial charge in [-0.1, -0.05) is 0 Å². The smallest absolute Gasteiger partial charge is 0.407 e. The van der Waals surface area contributed by atoms with Crippen molar-refractivity contribution in [2.24, 2.45) is 5.92 Å². The molecule has 0 aromatic carbocycles. The SMILES string of the molecule is CC(C)(C)OC(=O)NC1C2CCCOC2C1NCc1ccc[nH]1. The first-order valence-electron chi connectivity index (χ1n) is 8.41. The van der Waals surface area contributed by atoms with Crippen molar-refractivity contribution in [1.29, 1.82) is 0 Å². The van der Waals surface area contributed by atoms with Gasteiger partial charge >= 0.3 is 6.09 Å². The molecular formula is C17H27N3O3. The molecule has 1 aromatic rings. The maximum absolute atomic E-state index is 12.1. The molecule has 4 unspecified atom stereocenters. The molecule has 128 valence electrons. The Balaban J connectivity index is 1.59. The van der Waals surface area contributed by atoms with Crippen molar-refractivity contribution < 1.29 is 14.3 Å². The summed E-state index contributed by atoms with van der Waals surface area (Å²) >= 11 is 0. The first kappa shape index (κ1) is 16.3. The molecule has 0 spiro atoms. The summed E-state index contributed by atoms with van der Waals surface area (Å²) < 4.78 is 11.3. The number of carbonyl (C=O) groups excluding carboxylic acids is 1. The van der Waals surface area contributed by atoms with Crippen LogP contribution in [0.4, 0.5) is 4.79 Å². The quantitative estimate of drug-likeness (QED) is 0.794. The lowest BCUT2D eigenvalue weighted by Gasteiger charge is -2.54. The number of H-pyrrole nitrogens is 1. The van der Waals surface area contributed by atoms with Crippen LogP contribution in [0.3, 0.4) is 0 Å². The molecule has 1 aromatic heterocycles. The summed E-state index contributed by atoms with van der Waals surface area (Å²) in [6, 6.07) is 4.20. The zero-order valence-corrected chi connectivity index (χ0v) is 14.1.